The third-order valence-electron chi connectivity index (χ3n) is 5.99. The van der Waals surface area contributed by atoms with E-state index in [0.29, 0.717) is 17.7 Å². The molecule has 1 N–H and O–H groups in total. The molecule has 1 saturated heterocycles. The number of ether oxygens (including phenoxy) is 1. The SMILES string of the molecule is N#Cc1cccc([C@H]2CN(CC(F)(F)F)CC[C@@H]2Oc2cc(F)c(S(=O)(=O)Nc3cccc(F)n3)cc2F)c1. The van der Waals surface area contributed by atoms with E-state index in [1.54, 1.807) is 12.1 Å². The van der Waals surface area contributed by atoms with Gasteiger partial charge >= 0.3 is 6.18 Å². The Hall–Kier alpha value is -3.83. The number of nitriles is 1. The fourth-order valence-corrected chi connectivity index (χ4v) is 5.40. The number of benzene rings is 2. The van der Waals surface area contributed by atoms with Crippen molar-refractivity contribution in [1.82, 2.24) is 9.88 Å². The molecule has 1 aromatic heterocycles. The first-order valence-electron chi connectivity index (χ1n) is 11.4. The number of likely N-dealkylation sites (tertiary alicyclic amines) is 1. The molecule has 0 spiro atoms. The molecule has 206 valence electrons. The molecule has 2 atom stereocenters. The summed E-state index contributed by atoms with van der Waals surface area (Å²) in [7, 11) is -4.71. The quantitative estimate of drug-likeness (QED) is 0.319. The van der Waals surface area contributed by atoms with E-state index in [-0.39, 0.29) is 25.1 Å². The third-order valence-corrected chi connectivity index (χ3v) is 7.36. The molecule has 1 aliphatic rings. The zero-order valence-electron chi connectivity index (χ0n) is 19.9. The molecule has 0 amide bonds. The van der Waals surface area contributed by atoms with Gasteiger partial charge in [-0.3, -0.25) is 9.62 Å². The molecule has 0 radical (unpaired) electrons. The fourth-order valence-electron chi connectivity index (χ4n) is 4.32. The number of pyridine rings is 1. The molecule has 7 nitrogen and oxygen atoms in total. The number of rotatable bonds is 7. The molecule has 1 aliphatic heterocycles. The third kappa shape index (κ3) is 6.98. The van der Waals surface area contributed by atoms with Gasteiger partial charge < -0.3 is 4.74 Å². The highest BCUT2D eigenvalue weighted by Crippen LogP contribution is 2.35. The van der Waals surface area contributed by atoms with Crippen molar-refractivity contribution in [3.05, 3.63) is 83.3 Å². The first kappa shape index (κ1) is 28.2. The van der Waals surface area contributed by atoms with Crippen LogP contribution in [0.15, 0.2) is 59.5 Å². The second-order valence-corrected chi connectivity index (χ2v) is 10.5. The largest absolute Gasteiger partial charge is 0.487 e. The van der Waals surface area contributed by atoms with E-state index in [0.717, 1.165) is 23.1 Å². The van der Waals surface area contributed by atoms with Crippen molar-refractivity contribution >= 4 is 15.8 Å². The summed E-state index contributed by atoms with van der Waals surface area (Å²) in [4.78, 5) is 3.38. The number of sulfonamides is 1. The van der Waals surface area contributed by atoms with Crippen LogP contribution >= 0.6 is 0 Å². The Bertz CT molecular complexity index is 1510. The van der Waals surface area contributed by atoms with Gasteiger partial charge in [-0.25, -0.2) is 22.2 Å². The van der Waals surface area contributed by atoms with Crippen LogP contribution in [0.1, 0.15) is 23.5 Å². The van der Waals surface area contributed by atoms with Crippen molar-refractivity contribution in [2.45, 2.75) is 29.5 Å². The second kappa shape index (κ2) is 11.1. The number of alkyl halides is 3. The van der Waals surface area contributed by atoms with Crippen LogP contribution in [0.2, 0.25) is 0 Å². The van der Waals surface area contributed by atoms with Gasteiger partial charge in [-0.15, -0.1) is 0 Å². The first-order valence-corrected chi connectivity index (χ1v) is 12.9. The molecule has 0 bridgehead atoms. The Balaban J connectivity index is 1.61. The summed E-state index contributed by atoms with van der Waals surface area (Å²) in [6, 6.07) is 12.2. The topological polar surface area (TPSA) is 95.3 Å². The van der Waals surface area contributed by atoms with E-state index < -0.39 is 68.8 Å². The molecule has 14 heteroatoms. The van der Waals surface area contributed by atoms with Gasteiger partial charge in [0.2, 0.25) is 5.95 Å². The summed E-state index contributed by atoms with van der Waals surface area (Å²) in [5.74, 6) is -5.48. The van der Waals surface area contributed by atoms with Crippen LogP contribution in [0, 0.1) is 28.9 Å². The van der Waals surface area contributed by atoms with E-state index in [1.165, 1.54) is 12.1 Å². The monoisotopic (exact) mass is 570 g/mol. The number of nitrogens with zero attached hydrogens (tertiary/aromatic N) is 3. The van der Waals surface area contributed by atoms with Gasteiger partial charge in [0.15, 0.2) is 11.6 Å². The van der Waals surface area contributed by atoms with Crippen LogP contribution in [0.5, 0.6) is 5.75 Å². The highest BCUT2D eigenvalue weighted by molar-refractivity contribution is 7.92. The molecule has 3 aromatic rings. The summed E-state index contributed by atoms with van der Waals surface area (Å²) in [5.41, 5.74) is 0.726. The Morgan fingerprint density at radius 2 is 1.82 bits per heavy atom. The number of halogens is 6. The molecule has 0 saturated carbocycles. The summed E-state index contributed by atoms with van der Waals surface area (Å²) in [5, 5.41) is 9.22. The van der Waals surface area contributed by atoms with Crippen LogP contribution in [-0.2, 0) is 10.0 Å². The molecular formula is C25H20F6N4O3S. The van der Waals surface area contributed by atoms with Crippen molar-refractivity contribution in [2.75, 3.05) is 24.4 Å². The molecule has 2 heterocycles. The number of nitrogens with one attached hydrogen (secondary N) is 1. The van der Waals surface area contributed by atoms with Crippen molar-refractivity contribution in [3.8, 4) is 11.8 Å². The Labute approximate surface area is 219 Å². The lowest BCUT2D eigenvalue weighted by Gasteiger charge is -2.39. The lowest BCUT2D eigenvalue weighted by Crippen LogP contribution is -2.47. The minimum Gasteiger partial charge on any atom is -0.487 e. The Kier molecular flexibility index (Phi) is 8.03. The molecule has 1 fully saturated rings. The maximum Gasteiger partial charge on any atom is 0.401 e. The minimum absolute atomic E-state index is 0.00539. The van der Waals surface area contributed by atoms with E-state index in [1.807, 2.05) is 10.8 Å². The van der Waals surface area contributed by atoms with Gasteiger partial charge in [0, 0.05) is 31.1 Å². The summed E-state index contributed by atoms with van der Waals surface area (Å²) < 4.78 is 115. The van der Waals surface area contributed by atoms with Crippen molar-refractivity contribution in [1.29, 1.82) is 5.26 Å². The molecule has 39 heavy (non-hydrogen) atoms. The molecule has 0 unspecified atom stereocenters. The second-order valence-electron chi connectivity index (χ2n) is 8.80. The van der Waals surface area contributed by atoms with Crippen molar-refractivity contribution < 1.29 is 39.5 Å². The van der Waals surface area contributed by atoms with Gasteiger partial charge in [-0.2, -0.15) is 22.8 Å². The fraction of sp³-hybridized carbons (Fsp3) is 0.280. The van der Waals surface area contributed by atoms with Crippen molar-refractivity contribution in [2.24, 2.45) is 0 Å². The van der Waals surface area contributed by atoms with E-state index in [4.69, 9.17) is 4.74 Å². The Morgan fingerprint density at radius 1 is 1.08 bits per heavy atom. The maximum absolute atomic E-state index is 15.0. The highest BCUT2D eigenvalue weighted by atomic mass is 32.2. The molecule has 4 rings (SSSR count). The van der Waals surface area contributed by atoms with Crippen LogP contribution in [0.25, 0.3) is 0 Å². The van der Waals surface area contributed by atoms with Gasteiger partial charge in [0.05, 0.1) is 18.2 Å². The van der Waals surface area contributed by atoms with Gasteiger partial charge in [-0.1, -0.05) is 18.2 Å². The zero-order chi connectivity index (χ0) is 28.4. The smallest absolute Gasteiger partial charge is 0.401 e. The van der Waals surface area contributed by atoms with E-state index in [2.05, 4.69) is 4.98 Å². The normalized spacial score (nSPS) is 18.4. The lowest BCUT2D eigenvalue weighted by molar-refractivity contribution is -0.150. The first-order chi connectivity index (χ1) is 18.3. The standard InChI is InChI=1S/C25H20F6N4O3S/c26-18-11-22(39(36,37)34-24-6-2-5-23(28)33-24)19(27)10-21(18)38-20-7-8-35(14-25(29,30)31)13-17(20)16-4-1-3-15(9-16)12-32/h1-6,9-11,17,20H,7-8,13-14H2,(H,33,34)/t17-,20+/m1/s1. The van der Waals surface area contributed by atoms with Crippen LogP contribution in [0.3, 0.4) is 0 Å². The van der Waals surface area contributed by atoms with Crippen LogP contribution < -0.4 is 9.46 Å². The van der Waals surface area contributed by atoms with Crippen LogP contribution in [-0.4, -0.2) is 50.2 Å². The lowest BCUT2D eigenvalue weighted by atomic mass is 9.87. The van der Waals surface area contributed by atoms with Gasteiger partial charge in [0.25, 0.3) is 10.0 Å². The minimum atomic E-state index is -4.71. The average molecular weight is 571 g/mol. The van der Waals surface area contributed by atoms with Gasteiger partial charge in [-0.05, 0) is 36.2 Å². The molecule has 0 aliphatic carbocycles. The molecular weight excluding hydrogens is 550 g/mol. The zero-order valence-corrected chi connectivity index (χ0v) is 20.7. The average Bonchev–Trinajstić information content (AvgIpc) is 2.85. The molecule has 2 aromatic carbocycles. The maximum atomic E-state index is 15.0. The van der Waals surface area contributed by atoms with E-state index >= 15 is 4.39 Å². The number of hydrogen-bond acceptors (Lipinski definition) is 6. The van der Waals surface area contributed by atoms with Crippen molar-refractivity contribution in [3.63, 3.8) is 0 Å². The Morgan fingerprint density at radius 3 is 2.51 bits per heavy atom. The van der Waals surface area contributed by atoms with Gasteiger partial charge in [0.1, 0.15) is 22.6 Å². The predicted molar refractivity (Wildman–Crippen MR) is 127 cm³/mol. The van der Waals surface area contributed by atoms with Crippen LogP contribution in [0.4, 0.5) is 32.2 Å². The number of piperidine rings is 1. The number of aromatic nitrogens is 1. The summed E-state index contributed by atoms with van der Waals surface area (Å²) >= 11 is 0. The number of anilines is 1. The number of hydrogen-bond donors (Lipinski definition) is 1. The summed E-state index contributed by atoms with van der Waals surface area (Å²) in [6.07, 6.45) is -5.38. The highest BCUT2D eigenvalue weighted by Gasteiger charge is 2.38. The van der Waals surface area contributed by atoms with E-state index in [9.17, 15) is 35.6 Å². The summed E-state index contributed by atoms with van der Waals surface area (Å²) in [6.45, 7) is -1.38. The predicted octanol–water partition coefficient (Wildman–Crippen LogP) is 4.97.